The third-order valence-corrected chi connectivity index (χ3v) is 5.44. The molecule has 0 N–H and O–H groups in total. The highest BCUT2D eigenvalue weighted by Gasteiger charge is 2.24. The Morgan fingerprint density at radius 3 is 2.61 bits per heavy atom. The first-order chi connectivity index (χ1) is 8.65. The molecular formula is C15H19O2P. The molecule has 0 bridgehead atoms. The second-order valence-corrected chi connectivity index (χ2v) is 6.66. The molecule has 0 aromatic heterocycles. The number of hydrogen-bond donors (Lipinski definition) is 0. The molecule has 2 nitrogen and oxygen atoms in total. The molecule has 0 saturated heterocycles. The summed E-state index contributed by atoms with van der Waals surface area (Å²) in [7, 11) is -2.86. The number of benzene rings is 1. The van der Waals surface area contributed by atoms with Crippen LogP contribution in [0, 0.1) is 0 Å². The van der Waals surface area contributed by atoms with Gasteiger partial charge < -0.3 is 4.52 Å². The fraction of sp³-hybridized carbons (Fsp3) is 0.333. The van der Waals surface area contributed by atoms with E-state index in [2.05, 4.69) is 13.0 Å². The van der Waals surface area contributed by atoms with E-state index in [1.54, 1.807) is 0 Å². The fourth-order valence-corrected chi connectivity index (χ4v) is 4.24. The maximum Gasteiger partial charge on any atom is 0.254 e. The average Bonchev–Trinajstić information content (AvgIpc) is 2.76. The predicted molar refractivity (Wildman–Crippen MR) is 76.4 cm³/mol. The first-order valence-electron chi connectivity index (χ1n) is 6.34. The van der Waals surface area contributed by atoms with Crippen molar-refractivity contribution in [3.63, 3.8) is 0 Å². The molecule has 1 unspecified atom stereocenters. The maximum atomic E-state index is 13.0. The van der Waals surface area contributed by atoms with Crippen molar-refractivity contribution < 1.29 is 9.09 Å². The van der Waals surface area contributed by atoms with Crippen LogP contribution in [0.3, 0.4) is 0 Å². The van der Waals surface area contributed by atoms with Gasteiger partial charge in [-0.2, -0.15) is 0 Å². The summed E-state index contributed by atoms with van der Waals surface area (Å²) in [5, 5.41) is 0.777. The Bertz CT molecular complexity index is 515. The lowest BCUT2D eigenvalue weighted by Crippen LogP contribution is -2.05. The minimum absolute atomic E-state index is 0.457. The zero-order valence-corrected chi connectivity index (χ0v) is 11.8. The first-order valence-corrected chi connectivity index (χ1v) is 8.04. The fourth-order valence-electron chi connectivity index (χ4n) is 2.16. The van der Waals surface area contributed by atoms with Crippen LogP contribution in [0.25, 0.3) is 0 Å². The van der Waals surface area contributed by atoms with E-state index in [0.717, 1.165) is 23.7 Å². The normalized spacial score (nSPS) is 20.8. The van der Waals surface area contributed by atoms with Crippen molar-refractivity contribution in [1.82, 2.24) is 0 Å². The molecular weight excluding hydrogens is 243 g/mol. The molecule has 1 aliphatic carbocycles. The van der Waals surface area contributed by atoms with Crippen LogP contribution < -0.4 is 5.30 Å². The van der Waals surface area contributed by atoms with Gasteiger partial charge in [0.05, 0.1) is 6.61 Å². The van der Waals surface area contributed by atoms with E-state index < -0.39 is 7.37 Å². The van der Waals surface area contributed by atoms with Gasteiger partial charge in [-0.3, -0.25) is 4.57 Å². The van der Waals surface area contributed by atoms with Crippen molar-refractivity contribution in [2.24, 2.45) is 0 Å². The Morgan fingerprint density at radius 2 is 2.06 bits per heavy atom. The van der Waals surface area contributed by atoms with Crippen LogP contribution in [-0.2, 0) is 9.09 Å². The van der Waals surface area contributed by atoms with Crippen molar-refractivity contribution >= 4 is 12.7 Å². The van der Waals surface area contributed by atoms with Crippen LogP contribution in [0.15, 0.2) is 53.4 Å². The molecule has 0 fully saturated rings. The lowest BCUT2D eigenvalue weighted by molar-refractivity contribution is 0.347. The van der Waals surface area contributed by atoms with E-state index in [1.165, 1.54) is 5.57 Å². The van der Waals surface area contributed by atoms with Gasteiger partial charge in [0.2, 0.25) is 0 Å². The lowest BCUT2D eigenvalue weighted by Gasteiger charge is -2.15. The molecule has 0 radical (unpaired) electrons. The molecule has 2 rings (SSSR count). The van der Waals surface area contributed by atoms with E-state index in [4.69, 9.17) is 4.52 Å². The van der Waals surface area contributed by atoms with Crippen LogP contribution in [0.4, 0.5) is 0 Å². The molecule has 0 spiro atoms. The molecule has 1 aromatic carbocycles. The molecule has 0 aliphatic heterocycles. The topological polar surface area (TPSA) is 26.3 Å². The van der Waals surface area contributed by atoms with E-state index in [9.17, 15) is 4.57 Å². The van der Waals surface area contributed by atoms with Crippen molar-refractivity contribution in [1.29, 1.82) is 0 Å². The summed E-state index contributed by atoms with van der Waals surface area (Å²) >= 11 is 0. The molecule has 18 heavy (non-hydrogen) atoms. The van der Waals surface area contributed by atoms with Crippen LogP contribution in [-0.4, -0.2) is 6.61 Å². The van der Waals surface area contributed by atoms with Crippen LogP contribution >= 0.6 is 7.37 Å². The van der Waals surface area contributed by atoms with E-state index in [1.807, 2.05) is 43.1 Å². The standard InChI is InChI=1S/C15H19O2P/c1-3-17-18(16,15-10-5-4-6-11-15)12-14-9-7-8-13(14)2/h4-6,8,10-12H,3,7,9H2,1-2H3/b14-12+. The summed E-state index contributed by atoms with van der Waals surface area (Å²) in [5.74, 6) is 1.85. The molecule has 3 heteroatoms. The van der Waals surface area contributed by atoms with Gasteiger partial charge in [0.25, 0.3) is 7.37 Å². The molecule has 0 saturated carbocycles. The summed E-state index contributed by atoms with van der Waals surface area (Å²) < 4.78 is 18.6. The Balaban J connectivity index is 2.40. The number of rotatable bonds is 4. The van der Waals surface area contributed by atoms with Crippen LogP contribution in [0.1, 0.15) is 26.7 Å². The second kappa shape index (κ2) is 5.69. The SMILES string of the molecule is CCOP(=O)(/C=C1\CCC=C1C)c1ccccc1. The lowest BCUT2D eigenvalue weighted by atomic mass is 10.2. The molecule has 1 atom stereocenters. The van der Waals surface area contributed by atoms with Crippen molar-refractivity contribution in [2.75, 3.05) is 6.61 Å². The van der Waals surface area contributed by atoms with Gasteiger partial charge in [0, 0.05) is 11.1 Å². The van der Waals surface area contributed by atoms with Gasteiger partial charge in [0.15, 0.2) is 0 Å². The summed E-state index contributed by atoms with van der Waals surface area (Å²) in [6.45, 7) is 4.41. The molecule has 1 aromatic rings. The van der Waals surface area contributed by atoms with Gasteiger partial charge in [-0.05, 0) is 44.4 Å². The second-order valence-electron chi connectivity index (χ2n) is 4.43. The molecule has 0 amide bonds. The monoisotopic (exact) mass is 262 g/mol. The Kier molecular flexibility index (Phi) is 4.21. The summed E-state index contributed by atoms with van der Waals surface area (Å²) in [6.07, 6.45) is 4.20. The van der Waals surface area contributed by atoms with Crippen molar-refractivity contribution in [2.45, 2.75) is 26.7 Å². The largest absolute Gasteiger partial charge is 0.323 e. The van der Waals surface area contributed by atoms with Crippen molar-refractivity contribution in [3.05, 3.63) is 53.4 Å². The van der Waals surface area contributed by atoms with Gasteiger partial charge in [-0.25, -0.2) is 0 Å². The summed E-state index contributed by atoms with van der Waals surface area (Å²) in [4.78, 5) is 0. The quantitative estimate of drug-likeness (QED) is 0.758. The predicted octanol–water partition coefficient (Wildman–Crippen LogP) is 4.25. The highest BCUT2D eigenvalue weighted by Crippen LogP contribution is 2.50. The minimum Gasteiger partial charge on any atom is -0.323 e. The molecule has 96 valence electrons. The minimum atomic E-state index is -2.86. The molecule has 0 heterocycles. The third-order valence-electron chi connectivity index (χ3n) is 3.13. The van der Waals surface area contributed by atoms with Gasteiger partial charge in [0.1, 0.15) is 0 Å². The summed E-state index contributed by atoms with van der Waals surface area (Å²) in [5.41, 5.74) is 2.39. The van der Waals surface area contributed by atoms with Gasteiger partial charge >= 0.3 is 0 Å². The van der Waals surface area contributed by atoms with E-state index in [-0.39, 0.29) is 0 Å². The highest BCUT2D eigenvalue weighted by molar-refractivity contribution is 7.70. The summed E-state index contributed by atoms with van der Waals surface area (Å²) in [6, 6.07) is 9.48. The van der Waals surface area contributed by atoms with E-state index >= 15 is 0 Å². The van der Waals surface area contributed by atoms with Crippen molar-refractivity contribution in [3.8, 4) is 0 Å². The van der Waals surface area contributed by atoms with Crippen LogP contribution in [0.5, 0.6) is 0 Å². The van der Waals surface area contributed by atoms with Gasteiger partial charge in [-0.1, -0.05) is 29.8 Å². The maximum absolute atomic E-state index is 13.0. The van der Waals surface area contributed by atoms with E-state index in [0.29, 0.717) is 6.61 Å². The smallest absolute Gasteiger partial charge is 0.254 e. The number of hydrogen-bond acceptors (Lipinski definition) is 2. The molecule has 1 aliphatic rings. The number of allylic oxidation sites excluding steroid dienone is 3. The Hall–Kier alpha value is -1.11. The zero-order chi connectivity index (χ0) is 13.0. The van der Waals surface area contributed by atoms with Gasteiger partial charge in [-0.15, -0.1) is 0 Å². The zero-order valence-electron chi connectivity index (χ0n) is 10.9. The highest BCUT2D eigenvalue weighted by atomic mass is 31.2. The third kappa shape index (κ3) is 2.82. The Morgan fingerprint density at radius 1 is 1.33 bits per heavy atom. The van der Waals surface area contributed by atoms with Crippen LogP contribution in [0.2, 0.25) is 0 Å². The average molecular weight is 262 g/mol. The Labute approximate surface area is 109 Å². The first kappa shape index (κ1) is 13.3.